The second-order valence-electron chi connectivity index (χ2n) is 5.80. The number of hydrogen-bond donors (Lipinski definition) is 1. The molecule has 1 aliphatic heterocycles. The zero-order valence-electron chi connectivity index (χ0n) is 11.8. The van der Waals surface area contributed by atoms with E-state index in [1.54, 1.807) is 0 Å². The standard InChI is InChI=1S/C16H26N2/c1-3-16(2)9-12-18(13-10-16)14-11-17-15-7-5-4-6-8-15/h4-8,17H,3,9-14H2,1-2H3. The first kappa shape index (κ1) is 13.4. The number of piperidine rings is 1. The molecular formula is C16H26N2. The minimum absolute atomic E-state index is 0.601. The lowest BCUT2D eigenvalue weighted by Crippen LogP contribution is -2.40. The Morgan fingerprint density at radius 2 is 1.83 bits per heavy atom. The van der Waals surface area contributed by atoms with Crippen LogP contribution < -0.4 is 5.32 Å². The van der Waals surface area contributed by atoms with Crippen LogP contribution >= 0.6 is 0 Å². The molecule has 1 aromatic rings. The van der Waals surface area contributed by atoms with Crippen molar-refractivity contribution >= 4 is 5.69 Å². The molecule has 0 saturated carbocycles. The topological polar surface area (TPSA) is 15.3 Å². The molecule has 100 valence electrons. The van der Waals surface area contributed by atoms with Gasteiger partial charge in [-0.2, -0.15) is 0 Å². The van der Waals surface area contributed by atoms with Gasteiger partial charge in [0.2, 0.25) is 0 Å². The lowest BCUT2D eigenvalue weighted by molar-refractivity contribution is 0.118. The van der Waals surface area contributed by atoms with Gasteiger partial charge in [-0.05, 0) is 43.5 Å². The van der Waals surface area contributed by atoms with Crippen LogP contribution in [0.4, 0.5) is 5.69 Å². The lowest BCUT2D eigenvalue weighted by atomic mass is 9.78. The van der Waals surface area contributed by atoms with Crippen molar-refractivity contribution in [2.24, 2.45) is 5.41 Å². The SMILES string of the molecule is CCC1(C)CCN(CCNc2ccccc2)CC1. The maximum Gasteiger partial charge on any atom is 0.0340 e. The Hall–Kier alpha value is -1.02. The van der Waals surface area contributed by atoms with Crippen LogP contribution in [0.2, 0.25) is 0 Å². The summed E-state index contributed by atoms with van der Waals surface area (Å²) in [4.78, 5) is 2.59. The Morgan fingerprint density at radius 1 is 1.17 bits per heavy atom. The van der Waals surface area contributed by atoms with E-state index in [1.165, 1.54) is 38.0 Å². The number of benzene rings is 1. The molecular weight excluding hydrogens is 220 g/mol. The Balaban J connectivity index is 1.67. The summed E-state index contributed by atoms with van der Waals surface area (Å²) in [6.45, 7) is 9.50. The summed E-state index contributed by atoms with van der Waals surface area (Å²) in [5, 5.41) is 3.48. The molecule has 0 spiro atoms. The van der Waals surface area contributed by atoms with E-state index in [2.05, 4.69) is 54.4 Å². The molecule has 2 heteroatoms. The first-order chi connectivity index (χ1) is 8.72. The number of likely N-dealkylation sites (tertiary alicyclic amines) is 1. The van der Waals surface area contributed by atoms with Crippen molar-refractivity contribution in [3.05, 3.63) is 30.3 Å². The minimum Gasteiger partial charge on any atom is -0.384 e. The highest BCUT2D eigenvalue weighted by Crippen LogP contribution is 2.33. The molecule has 0 amide bonds. The Bertz CT molecular complexity index is 339. The van der Waals surface area contributed by atoms with Crippen LogP contribution in [0.1, 0.15) is 33.1 Å². The zero-order valence-corrected chi connectivity index (χ0v) is 11.8. The van der Waals surface area contributed by atoms with Gasteiger partial charge in [-0.1, -0.05) is 38.5 Å². The molecule has 1 aliphatic rings. The molecule has 0 bridgehead atoms. The normalized spacial score (nSPS) is 19.7. The van der Waals surface area contributed by atoms with Crippen molar-refractivity contribution < 1.29 is 0 Å². The van der Waals surface area contributed by atoms with E-state index in [0.717, 1.165) is 13.1 Å². The second kappa shape index (κ2) is 6.24. The first-order valence-corrected chi connectivity index (χ1v) is 7.23. The molecule has 0 aliphatic carbocycles. The Kier molecular flexibility index (Phi) is 4.65. The van der Waals surface area contributed by atoms with Gasteiger partial charge >= 0.3 is 0 Å². The van der Waals surface area contributed by atoms with E-state index in [1.807, 2.05) is 0 Å². The van der Waals surface area contributed by atoms with Gasteiger partial charge in [0.25, 0.3) is 0 Å². The van der Waals surface area contributed by atoms with Crippen LogP contribution in [0.3, 0.4) is 0 Å². The minimum atomic E-state index is 0.601. The van der Waals surface area contributed by atoms with Crippen molar-refractivity contribution in [2.75, 3.05) is 31.5 Å². The van der Waals surface area contributed by atoms with Crippen LogP contribution in [0.15, 0.2) is 30.3 Å². The smallest absolute Gasteiger partial charge is 0.0340 e. The van der Waals surface area contributed by atoms with Crippen molar-refractivity contribution in [3.63, 3.8) is 0 Å². The van der Waals surface area contributed by atoms with E-state index in [0.29, 0.717) is 5.41 Å². The van der Waals surface area contributed by atoms with Gasteiger partial charge in [-0.25, -0.2) is 0 Å². The third kappa shape index (κ3) is 3.74. The summed E-state index contributed by atoms with van der Waals surface area (Å²) in [6, 6.07) is 10.5. The molecule has 0 radical (unpaired) electrons. The van der Waals surface area contributed by atoms with Crippen LogP contribution in [-0.2, 0) is 0 Å². The molecule has 0 aromatic heterocycles. The average molecular weight is 246 g/mol. The average Bonchev–Trinajstić information content (AvgIpc) is 2.42. The predicted octanol–water partition coefficient (Wildman–Crippen LogP) is 3.61. The fourth-order valence-electron chi connectivity index (χ4n) is 2.58. The third-order valence-corrected chi connectivity index (χ3v) is 4.45. The number of nitrogens with zero attached hydrogens (tertiary/aromatic N) is 1. The van der Waals surface area contributed by atoms with Gasteiger partial charge in [0.1, 0.15) is 0 Å². The Morgan fingerprint density at radius 3 is 2.44 bits per heavy atom. The number of para-hydroxylation sites is 1. The zero-order chi connectivity index (χ0) is 12.8. The number of nitrogens with one attached hydrogen (secondary N) is 1. The fourth-order valence-corrected chi connectivity index (χ4v) is 2.58. The quantitative estimate of drug-likeness (QED) is 0.854. The first-order valence-electron chi connectivity index (χ1n) is 7.23. The van der Waals surface area contributed by atoms with E-state index in [-0.39, 0.29) is 0 Å². The molecule has 1 fully saturated rings. The van der Waals surface area contributed by atoms with Gasteiger partial charge in [0.05, 0.1) is 0 Å². The van der Waals surface area contributed by atoms with Gasteiger partial charge < -0.3 is 10.2 Å². The summed E-state index contributed by atoms with van der Waals surface area (Å²) in [5.41, 5.74) is 1.83. The molecule has 1 aromatic carbocycles. The van der Waals surface area contributed by atoms with E-state index in [9.17, 15) is 0 Å². The van der Waals surface area contributed by atoms with Crippen molar-refractivity contribution in [1.29, 1.82) is 0 Å². The van der Waals surface area contributed by atoms with E-state index in [4.69, 9.17) is 0 Å². The summed E-state index contributed by atoms with van der Waals surface area (Å²) in [7, 11) is 0. The highest BCUT2D eigenvalue weighted by Gasteiger charge is 2.27. The molecule has 2 rings (SSSR count). The maximum absolute atomic E-state index is 3.48. The van der Waals surface area contributed by atoms with Crippen LogP contribution in [0.5, 0.6) is 0 Å². The third-order valence-electron chi connectivity index (χ3n) is 4.45. The highest BCUT2D eigenvalue weighted by atomic mass is 15.1. The molecule has 2 nitrogen and oxygen atoms in total. The summed E-state index contributed by atoms with van der Waals surface area (Å²) >= 11 is 0. The monoisotopic (exact) mass is 246 g/mol. The van der Waals surface area contributed by atoms with Gasteiger partial charge in [0, 0.05) is 18.8 Å². The molecule has 1 N–H and O–H groups in total. The summed E-state index contributed by atoms with van der Waals surface area (Å²) < 4.78 is 0. The fraction of sp³-hybridized carbons (Fsp3) is 0.625. The lowest BCUT2D eigenvalue weighted by Gasteiger charge is -2.39. The Labute approximate surface area is 111 Å². The predicted molar refractivity (Wildman–Crippen MR) is 79.0 cm³/mol. The van der Waals surface area contributed by atoms with E-state index < -0.39 is 0 Å². The number of hydrogen-bond acceptors (Lipinski definition) is 2. The summed E-state index contributed by atoms with van der Waals surface area (Å²) in [5.74, 6) is 0. The summed E-state index contributed by atoms with van der Waals surface area (Å²) in [6.07, 6.45) is 4.03. The largest absolute Gasteiger partial charge is 0.384 e. The number of rotatable bonds is 5. The molecule has 1 saturated heterocycles. The van der Waals surface area contributed by atoms with Gasteiger partial charge in [0.15, 0.2) is 0 Å². The molecule has 18 heavy (non-hydrogen) atoms. The van der Waals surface area contributed by atoms with Crippen molar-refractivity contribution in [3.8, 4) is 0 Å². The van der Waals surface area contributed by atoms with Crippen molar-refractivity contribution in [1.82, 2.24) is 4.90 Å². The van der Waals surface area contributed by atoms with Gasteiger partial charge in [-0.3, -0.25) is 0 Å². The van der Waals surface area contributed by atoms with Crippen LogP contribution in [0.25, 0.3) is 0 Å². The van der Waals surface area contributed by atoms with E-state index >= 15 is 0 Å². The molecule has 0 unspecified atom stereocenters. The molecule has 0 atom stereocenters. The van der Waals surface area contributed by atoms with Gasteiger partial charge in [-0.15, -0.1) is 0 Å². The van der Waals surface area contributed by atoms with Crippen LogP contribution in [0, 0.1) is 5.41 Å². The second-order valence-corrected chi connectivity index (χ2v) is 5.80. The molecule has 1 heterocycles. The highest BCUT2D eigenvalue weighted by molar-refractivity contribution is 5.42. The van der Waals surface area contributed by atoms with Crippen molar-refractivity contribution in [2.45, 2.75) is 33.1 Å². The van der Waals surface area contributed by atoms with Crippen LogP contribution in [-0.4, -0.2) is 31.1 Å². The maximum atomic E-state index is 3.48. The number of anilines is 1.